The van der Waals surface area contributed by atoms with E-state index in [1.165, 1.54) is 58.9 Å². The van der Waals surface area contributed by atoms with E-state index in [1.807, 2.05) is 17.4 Å². The maximum Gasteiger partial charge on any atom is 0.136 e. The van der Waals surface area contributed by atoms with Gasteiger partial charge in [0, 0.05) is 37.6 Å². The number of furan rings is 1. The fourth-order valence-electron chi connectivity index (χ4n) is 7.58. The van der Waals surface area contributed by atoms with Crippen molar-refractivity contribution >= 4 is 70.5 Å². The second-order valence-electron chi connectivity index (χ2n) is 16.3. The smallest absolute Gasteiger partial charge is 0.136 e. The summed E-state index contributed by atoms with van der Waals surface area (Å²) in [6.07, 6.45) is 0. The molecule has 3 heteroatoms. The second kappa shape index (κ2) is 12.5. The zero-order chi connectivity index (χ0) is 36.5. The van der Waals surface area contributed by atoms with Crippen molar-refractivity contribution in [3.05, 3.63) is 163 Å². The lowest BCUT2D eigenvalue weighted by Gasteiger charge is -2.26. The van der Waals surface area contributed by atoms with Gasteiger partial charge in [-0.05, 0) is 92.7 Å². The third-order valence-corrected chi connectivity index (χ3v) is 11.9. The molecular formula is C50H43NOS. The second-order valence-corrected chi connectivity index (χ2v) is 17.3. The summed E-state index contributed by atoms with van der Waals surface area (Å²) in [4.78, 5) is 2.42. The van der Waals surface area contributed by atoms with Gasteiger partial charge in [0.1, 0.15) is 11.2 Å². The van der Waals surface area contributed by atoms with Crippen molar-refractivity contribution in [1.82, 2.24) is 0 Å². The summed E-state index contributed by atoms with van der Waals surface area (Å²) in [5.41, 5.74) is 13.0. The number of rotatable bonds is 5. The normalized spacial score (nSPS) is 12.3. The van der Waals surface area contributed by atoms with Gasteiger partial charge in [-0.2, -0.15) is 0 Å². The molecule has 2 aromatic heterocycles. The van der Waals surface area contributed by atoms with Crippen molar-refractivity contribution in [1.29, 1.82) is 0 Å². The molecule has 260 valence electrons. The maximum absolute atomic E-state index is 6.31. The van der Waals surface area contributed by atoms with Gasteiger partial charge in [-0.1, -0.05) is 145 Å². The maximum atomic E-state index is 6.31. The van der Waals surface area contributed by atoms with Crippen molar-refractivity contribution in [3.8, 4) is 22.3 Å². The molecule has 0 N–H and O–H groups in total. The standard InChI is InChI=1S/C50H43NOS/c1-49(2,3)36-22-14-32(15-23-36)34-18-26-38(27-19-34)51(39-28-20-35(21-29-39)33-16-24-37(25-17-33)50(4,5)6)43-12-9-11-40-41-30-31-45-46(48(41)53-47(40)43)42-10-7-8-13-44(42)52-45/h7-31H,1-6H3. The van der Waals surface area contributed by atoms with Gasteiger partial charge in [0.2, 0.25) is 0 Å². The molecule has 0 spiro atoms. The minimum Gasteiger partial charge on any atom is -0.456 e. The van der Waals surface area contributed by atoms with Crippen LogP contribution >= 0.6 is 11.3 Å². The van der Waals surface area contributed by atoms with Gasteiger partial charge < -0.3 is 9.32 Å². The monoisotopic (exact) mass is 705 g/mol. The van der Waals surface area contributed by atoms with Crippen molar-refractivity contribution < 1.29 is 4.42 Å². The first-order valence-corrected chi connectivity index (χ1v) is 19.3. The Morgan fingerprint density at radius 3 is 1.42 bits per heavy atom. The van der Waals surface area contributed by atoms with E-state index in [9.17, 15) is 0 Å². The molecule has 0 fully saturated rings. The summed E-state index contributed by atoms with van der Waals surface area (Å²) in [5, 5.41) is 4.87. The first kappa shape index (κ1) is 33.2. The van der Waals surface area contributed by atoms with Crippen LogP contribution in [0.15, 0.2) is 156 Å². The van der Waals surface area contributed by atoms with Crippen molar-refractivity contribution in [2.45, 2.75) is 52.4 Å². The highest BCUT2D eigenvalue weighted by molar-refractivity contribution is 7.27. The van der Waals surface area contributed by atoms with Crippen LogP contribution in [0.2, 0.25) is 0 Å². The molecule has 7 aromatic carbocycles. The van der Waals surface area contributed by atoms with E-state index in [0.717, 1.165) is 33.6 Å². The van der Waals surface area contributed by atoms with Gasteiger partial charge in [0.05, 0.1) is 10.4 Å². The van der Waals surface area contributed by atoms with E-state index in [0.29, 0.717) is 0 Å². The van der Waals surface area contributed by atoms with E-state index >= 15 is 0 Å². The third kappa shape index (κ3) is 5.90. The summed E-state index contributed by atoms with van der Waals surface area (Å²) in [7, 11) is 0. The number of benzene rings is 7. The van der Waals surface area contributed by atoms with Crippen molar-refractivity contribution in [2.24, 2.45) is 0 Å². The summed E-state index contributed by atoms with van der Waals surface area (Å²) in [5.74, 6) is 0. The molecule has 0 atom stereocenters. The SMILES string of the molecule is CC(C)(C)c1ccc(-c2ccc(N(c3ccc(-c4ccc(C(C)(C)C)cc4)cc3)c3cccc4c3sc3c4ccc4oc5ccccc5c43)cc2)cc1. The molecule has 0 aliphatic rings. The molecule has 9 aromatic rings. The van der Waals surface area contributed by atoms with Crippen LogP contribution in [0.4, 0.5) is 17.1 Å². The van der Waals surface area contributed by atoms with E-state index in [-0.39, 0.29) is 10.8 Å². The molecule has 0 saturated carbocycles. The quantitative estimate of drug-likeness (QED) is 0.177. The molecule has 9 rings (SSSR count). The van der Waals surface area contributed by atoms with E-state index in [4.69, 9.17) is 4.42 Å². The first-order chi connectivity index (χ1) is 25.5. The predicted molar refractivity (Wildman–Crippen MR) is 230 cm³/mol. The first-order valence-electron chi connectivity index (χ1n) is 18.5. The lowest BCUT2D eigenvalue weighted by atomic mass is 9.86. The zero-order valence-corrected chi connectivity index (χ0v) is 32.0. The molecule has 53 heavy (non-hydrogen) atoms. The fraction of sp³-hybridized carbons (Fsp3) is 0.160. The lowest BCUT2D eigenvalue weighted by Crippen LogP contribution is -2.10. The molecule has 2 heterocycles. The van der Waals surface area contributed by atoms with Crippen LogP contribution in [0, 0.1) is 0 Å². The molecule has 0 unspecified atom stereocenters. The van der Waals surface area contributed by atoms with Crippen LogP contribution in [-0.2, 0) is 10.8 Å². The highest BCUT2D eigenvalue weighted by Gasteiger charge is 2.21. The number of anilines is 3. The van der Waals surface area contributed by atoms with Crippen LogP contribution in [0.25, 0.3) is 64.4 Å². The molecule has 0 bridgehead atoms. The van der Waals surface area contributed by atoms with E-state index in [1.54, 1.807) is 0 Å². The fourth-order valence-corrected chi connectivity index (χ4v) is 8.94. The largest absolute Gasteiger partial charge is 0.456 e. The molecule has 0 amide bonds. The van der Waals surface area contributed by atoms with Crippen molar-refractivity contribution in [2.75, 3.05) is 4.90 Å². The van der Waals surface area contributed by atoms with Gasteiger partial charge >= 0.3 is 0 Å². The summed E-state index contributed by atoms with van der Waals surface area (Å²) in [6.45, 7) is 13.6. The zero-order valence-electron chi connectivity index (χ0n) is 31.2. The van der Waals surface area contributed by atoms with Crippen LogP contribution < -0.4 is 4.90 Å². The topological polar surface area (TPSA) is 16.4 Å². The van der Waals surface area contributed by atoms with E-state index in [2.05, 4.69) is 192 Å². The Morgan fingerprint density at radius 1 is 0.415 bits per heavy atom. The van der Waals surface area contributed by atoms with Gasteiger partial charge in [-0.25, -0.2) is 0 Å². The number of fused-ring (bicyclic) bond motifs is 7. The highest BCUT2D eigenvalue weighted by atomic mass is 32.1. The molecule has 0 radical (unpaired) electrons. The molecule has 0 saturated heterocycles. The molecule has 2 nitrogen and oxygen atoms in total. The highest BCUT2D eigenvalue weighted by Crippen LogP contribution is 2.48. The minimum atomic E-state index is 0.123. The number of nitrogens with zero attached hydrogens (tertiary/aromatic N) is 1. The Balaban J connectivity index is 1.18. The summed E-state index contributed by atoms with van der Waals surface area (Å²) < 4.78 is 8.83. The number of hydrogen-bond acceptors (Lipinski definition) is 3. The van der Waals surface area contributed by atoms with Crippen LogP contribution in [-0.4, -0.2) is 0 Å². The Kier molecular flexibility index (Phi) is 7.83. The van der Waals surface area contributed by atoms with Crippen LogP contribution in [0.1, 0.15) is 52.7 Å². The Hall–Kier alpha value is -5.64. The average Bonchev–Trinajstić information content (AvgIpc) is 3.74. The predicted octanol–water partition coefficient (Wildman–Crippen LogP) is 15.4. The number of thiophene rings is 1. The van der Waals surface area contributed by atoms with Crippen molar-refractivity contribution in [3.63, 3.8) is 0 Å². The molecule has 0 aliphatic carbocycles. The van der Waals surface area contributed by atoms with E-state index < -0.39 is 0 Å². The lowest BCUT2D eigenvalue weighted by molar-refractivity contribution is 0.590. The van der Waals surface area contributed by atoms with Crippen LogP contribution in [0.5, 0.6) is 0 Å². The van der Waals surface area contributed by atoms with Gasteiger partial charge in [-0.15, -0.1) is 11.3 Å². The Bertz CT molecular complexity index is 2650. The number of para-hydroxylation sites is 1. The number of hydrogen-bond donors (Lipinski definition) is 0. The minimum absolute atomic E-state index is 0.123. The Morgan fingerprint density at radius 2 is 0.887 bits per heavy atom. The molecular weight excluding hydrogens is 663 g/mol. The van der Waals surface area contributed by atoms with Gasteiger partial charge in [0.25, 0.3) is 0 Å². The van der Waals surface area contributed by atoms with Gasteiger partial charge in [-0.3, -0.25) is 0 Å². The van der Waals surface area contributed by atoms with Crippen LogP contribution in [0.3, 0.4) is 0 Å². The average molecular weight is 706 g/mol. The van der Waals surface area contributed by atoms with Gasteiger partial charge in [0.15, 0.2) is 0 Å². The molecule has 0 aliphatic heterocycles. The third-order valence-electron chi connectivity index (χ3n) is 10.6. The summed E-state index contributed by atoms with van der Waals surface area (Å²) >= 11 is 1.86. The summed E-state index contributed by atoms with van der Waals surface area (Å²) in [6, 6.07) is 55.6. The Labute approximate surface area is 316 Å².